The number of methoxy groups -OCH3 is 1. The topological polar surface area (TPSA) is 119 Å². The van der Waals surface area contributed by atoms with Crippen LogP contribution in [0.15, 0.2) is 45.6 Å². The van der Waals surface area contributed by atoms with Gasteiger partial charge in [-0.2, -0.15) is 9.98 Å². The minimum atomic E-state index is -0.206. The molecule has 130 valence electrons. The van der Waals surface area contributed by atoms with Crippen molar-refractivity contribution in [3.63, 3.8) is 0 Å². The maximum Gasteiger partial charge on any atom is 0.237 e. The lowest BCUT2D eigenvalue weighted by atomic mass is 10.2. The molecule has 0 unspecified atom stereocenters. The van der Waals surface area contributed by atoms with E-state index >= 15 is 0 Å². The first kappa shape index (κ1) is 16.5. The van der Waals surface area contributed by atoms with Crippen molar-refractivity contribution in [2.75, 3.05) is 26.1 Å². The molecule has 9 nitrogen and oxygen atoms in total. The Labute approximate surface area is 145 Å². The van der Waals surface area contributed by atoms with Gasteiger partial charge in [0, 0.05) is 19.7 Å². The van der Waals surface area contributed by atoms with Crippen LogP contribution in [0.3, 0.4) is 0 Å². The van der Waals surface area contributed by atoms with Gasteiger partial charge in [-0.15, -0.1) is 0 Å². The summed E-state index contributed by atoms with van der Waals surface area (Å²) in [5.74, 6) is 1.48. The Hall–Kier alpha value is -3.36. The fourth-order valence-electron chi connectivity index (χ4n) is 2.53. The summed E-state index contributed by atoms with van der Waals surface area (Å²) in [5, 5.41) is 11.3. The minimum Gasteiger partial charge on any atom is -0.497 e. The second-order valence-corrected chi connectivity index (χ2v) is 5.71. The zero-order chi connectivity index (χ0) is 18.1. The molecular weight excluding hydrogens is 322 g/mol. The molecule has 0 aromatic heterocycles. The number of guanidine groups is 2. The number of ether oxygens (including phenoxy) is 1. The summed E-state index contributed by atoms with van der Waals surface area (Å²) in [7, 11) is 5.15. The molecule has 2 aliphatic heterocycles. The van der Waals surface area contributed by atoms with Crippen LogP contribution in [0, 0.1) is 5.41 Å². The Morgan fingerprint density at radius 2 is 1.96 bits per heavy atom. The number of carbonyl (C=O) groups is 1. The number of amidine groups is 1. The molecular formula is C16H19N7O2. The number of benzene rings is 1. The molecule has 1 aromatic carbocycles. The van der Waals surface area contributed by atoms with E-state index in [1.54, 1.807) is 50.4 Å². The standard InChI is InChI=1S/C16H19N7O2/c1-22(2)16-20-14(19-15(18)21-16)11-8-12(24)23(13(11)17)9-4-6-10(25-3)7-5-9/h4-7,17H,8H2,1-3H3,(H3,18,19,20,21)/b14-11-,17-13?. The van der Waals surface area contributed by atoms with Crippen LogP contribution in [0.2, 0.25) is 0 Å². The van der Waals surface area contributed by atoms with Crippen molar-refractivity contribution < 1.29 is 9.53 Å². The Morgan fingerprint density at radius 3 is 2.56 bits per heavy atom. The maximum absolute atomic E-state index is 12.5. The molecule has 3 rings (SSSR count). The van der Waals surface area contributed by atoms with E-state index in [0.29, 0.717) is 28.8 Å². The molecule has 1 amide bonds. The minimum absolute atomic E-state index is 0.0602. The number of rotatable bonds is 2. The zero-order valence-corrected chi connectivity index (χ0v) is 14.2. The molecule has 1 saturated heterocycles. The Balaban J connectivity index is 1.97. The zero-order valence-electron chi connectivity index (χ0n) is 14.2. The Morgan fingerprint density at radius 1 is 1.28 bits per heavy atom. The molecule has 2 heterocycles. The molecule has 1 fully saturated rings. The predicted octanol–water partition coefficient (Wildman–Crippen LogP) is 0.456. The first-order valence-electron chi connectivity index (χ1n) is 7.57. The van der Waals surface area contributed by atoms with Crippen molar-refractivity contribution in [3.05, 3.63) is 35.7 Å². The highest BCUT2D eigenvalue weighted by Crippen LogP contribution is 2.29. The van der Waals surface area contributed by atoms with Gasteiger partial charge in [-0.3, -0.25) is 15.1 Å². The lowest BCUT2D eigenvalue weighted by Gasteiger charge is -2.20. The molecule has 0 aliphatic carbocycles. The Kier molecular flexibility index (Phi) is 4.14. The van der Waals surface area contributed by atoms with E-state index in [1.807, 2.05) is 0 Å². The average molecular weight is 341 g/mol. The number of nitrogens with two attached hydrogens (primary N) is 1. The van der Waals surface area contributed by atoms with E-state index in [-0.39, 0.29) is 24.1 Å². The second-order valence-electron chi connectivity index (χ2n) is 5.71. The molecule has 9 heteroatoms. The van der Waals surface area contributed by atoms with Gasteiger partial charge >= 0.3 is 0 Å². The molecule has 25 heavy (non-hydrogen) atoms. The highest BCUT2D eigenvalue weighted by molar-refractivity contribution is 6.29. The second kappa shape index (κ2) is 6.27. The molecule has 0 radical (unpaired) electrons. The lowest BCUT2D eigenvalue weighted by Crippen LogP contribution is -2.39. The highest BCUT2D eigenvalue weighted by Gasteiger charge is 2.35. The van der Waals surface area contributed by atoms with E-state index in [2.05, 4.69) is 15.3 Å². The number of amides is 1. The quantitative estimate of drug-likeness (QED) is 0.722. The van der Waals surface area contributed by atoms with Crippen molar-refractivity contribution in [3.8, 4) is 5.75 Å². The van der Waals surface area contributed by atoms with Crippen molar-refractivity contribution >= 4 is 29.3 Å². The first-order chi connectivity index (χ1) is 11.9. The lowest BCUT2D eigenvalue weighted by molar-refractivity contribution is -0.116. The van der Waals surface area contributed by atoms with Gasteiger partial charge < -0.3 is 20.7 Å². The van der Waals surface area contributed by atoms with Gasteiger partial charge in [-0.25, -0.2) is 0 Å². The summed E-state index contributed by atoms with van der Waals surface area (Å²) in [6, 6.07) is 6.95. The number of nitrogens with one attached hydrogen (secondary N) is 2. The molecule has 2 aliphatic rings. The van der Waals surface area contributed by atoms with Crippen LogP contribution < -0.4 is 20.7 Å². The highest BCUT2D eigenvalue weighted by atomic mass is 16.5. The van der Waals surface area contributed by atoms with Crippen molar-refractivity contribution in [1.82, 2.24) is 10.2 Å². The van der Waals surface area contributed by atoms with Crippen molar-refractivity contribution in [2.24, 2.45) is 15.7 Å². The van der Waals surface area contributed by atoms with Crippen LogP contribution in [0.1, 0.15) is 6.42 Å². The van der Waals surface area contributed by atoms with E-state index in [1.165, 1.54) is 4.90 Å². The van der Waals surface area contributed by atoms with Gasteiger partial charge in [0.25, 0.3) is 0 Å². The number of aliphatic imine (C=N–C) groups is 2. The Bertz CT molecular complexity index is 821. The molecule has 0 spiro atoms. The fraction of sp³-hybridized carbons (Fsp3) is 0.250. The normalized spacial score (nSPS) is 20.2. The maximum atomic E-state index is 12.5. The van der Waals surface area contributed by atoms with Crippen LogP contribution in [-0.2, 0) is 4.79 Å². The number of hydrogen-bond acceptors (Lipinski definition) is 8. The number of nitrogens with zero attached hydrogens (tertiary/aromatic N) is 4. The van der Waals surface area contributed by atoms with E-state index in [4.69, 9.17) is 15.9 Å². The number of anilines is 1. The van der Waals surface area contributed by atoms with Crippen LogP contribution >= 0.6 is 0 Å². The van der Waals surface area contributed by atoms with Gasteiger partial charge in [0.2, 0.25) is 17.8 Å². The molecule has 0 bridgehead atoms. The van der Waals surface area contributed by atoms with Gasteiger partial charge in [-0.05, 0) is 24.3 Å². The van der Waals surface area contributed by atoms with Gasteiger partial charge in [0.15, 0.2) is 0 Å². The summed E-state index contributed by atoms with van der Waals surface area (Å²) >= 11 is 0. The predicted molar refractivity (Wildman–Crippen MR) is 95.7 cm³/mol. The summed E-state index contributed by atoms with van der Waals surface area (Å²) in [5.41, 5.74) is 6.86. The smallest absolute Gasteiger partial charge is 0.237 e. The molecule has 4 N–H and O–H groups in total. The third kappa shape index (κ3) is 3.03. The van der Waals surface area contributed by atoms with Crippen LogP contribution in [0.25, 0.3) is 0 Å². The van der Waals surface area contributed by atoms with Crippen molar-refractivity contribution in [1.29, 1.82) is 5.41 Å². The molecule has 1 aromatic rings. The van der Waals surface area contributed by atoms with Crippen LogP contribution in [0.4, 0.5) is 5.69 Å². The summed E-state index contributed by atoms with van der Waals surface area (Å²) in [6.45, 7) is 0. The SMILES string of the molecule is COc1ccc(N2C(=N)/C(=C3\N=C(N(C)C)N=C(N)N3)CC2=O)cc1. The molecule has 0 saturated carbocycles. The average Bonchev–Trinajstić information content (AvgIpc) is 2.89. The third-order valence-corrected chi connectivity index (χ3v) is 3.78. The number of hydrogen-bond donors (Lipinski definition) is 3. The summed E-state index contributed by atoms with van der Waals surface area (Å²) < 4.78 is 5.12. The van der Waals surface area contributed by atoms with Gasteiger partial charge in [-0.1, -0.05) is 0 Å². The van der Waals surface area contributed by atoms with E-state index in [9.17, 15) is 4.79 Å². The molecule has 0 atom stereocenters. The third-order valence-electron chi connectivity index (χ3n) is 3.78. The summed E-state index contributed by atoms with van der Waals surface area (Å²) in [6.07, 6.45) is 0.0602. The van der Waals surface area contributed by atoms with Crippen molar-refractivity contribution in [2.45, 2.75) is 6.42 Å². The largest absolute Gasteiger partial charge is 0.497 e. The first-order valence-corrected chi connectivity index (χ1v) is 7.57. The summed E-state index contributed by atoms with van der Waals surface area (Å²) in [4.78, 5) is 24.0. The van der Waals surface area contributed by atoms with Gasteiger partial charge in [0.1, 0.15) is 17.4 Å². The number of carbonyl (C=O) groups excluding carboxylic acids is 1. The van der Waals surface area contributed by atoms with Crippen LogP contribution in [-0.4, -0.2) is 49.8 Å². The van der Waals surface area contributed by atoms with E-state index < -0.39 is 0 Å². The van der Waals surface area contributed by atoms with E-state index in [0.717, 1.165) is 0 Å². The van der Waals surface area contributed by atoms with Crippen LogP contribution in [0.5, 0.6) is 5.75 Å². The van der Waals surface area contributed by atoms with Gasteiger partial charge in [0.05, 0.1) is 19.2 Å². The fourth-order valence-corrected chi connectivity index (χ4v) is 2.53. The monoisotopic (exact) mass is 341 g/mol.